The SMILES string of the molecule is COC(=O)[C@@H]1C[C@]23C(=O)C4C[C@H]5[C@@]2(COC(C)=O)[C@H](CCC2=C3[C@@H]1CC2)C[N@@+]5([O-])C[C@@H]4C. The van der Waals surface area contributed by atoms with Gasteiger partial charge in [0, 0.05) is 31.1 Å². The van der Waals surface area contributed by atoms with Gasteiger partial charge in [0.1, 0.15) is 18.4 Å². The minimum absolute atomic E-state index is 0.0117. The average molecular weight is 444 g/mol. The van der Waals surface area contributed by atoms with Crippen molar-refractivity contribution < 1.29 is 28.5 Å². The molecule has 6 aliphatic rings. The average Bonchev–Trinajstić information content (AvgIpc) is 3.35. The number of esters is 2. The van der Waals surface area contributed by atoms with Crippen LogP contribution in [0.5, 0.6) is 0 Å². The summed E-state index contributed by atoms with van der Waals surface area (Å²) in [6, 6.07) is -0.254. The molecule has 2 heterocycles. The molecule has 32 heavy (non-hydrogen) atoms. The number of ketones is 1. The van der Waals surface area contributed by atoms with E-state index in [9.17, 15) is 19.6 Å². The summed E-state index contributed by atoms with van der Waals surface area (Å²) >= 11 is 0. The molecule has 1 spiro atoms. The van der Waals surface area contributed by atoms with Gasteiger partial charge in [0.2, 0.25) is 0 Å². The normalized spacial score (nSPS) is 50.2. The molecule has 4 aliphatic carbocycles. The molecule has 4 fully saturated rings. The van der Waals surface area contributed by atoms with E-state index < -0.39 is 10.8 Å². The molecule has 9 atom stereocenters. The third-order valence-corrected chi connectivity index (χ3v) is 10.5. The topological polar surface area (TPSA) is 92.7 Å². The highest BCUT2D eigenvalue weighted by molar-refractivity contribution is 5.95. The smallest absolute Gasteiger partial charge is 0.309 e. The highest BCUT2D eigenvalue weighted by atomic mass is 16.6. The fourth-order valence-corrected chi connectivity index (χ4v) is 9.65. The van der Waals surface area contributed by atoms with Gasteiger partial charge in [-0.3, -0.25) is 14.4 Å². The summed E-state index contributed by atoms with van der Waals surface area (Å²) in [6.45, 7) is 4.52. The van der Waals surface area contributed by atoms with Crippen LogP contribution in [0, 0.1) is 45.6 Å². The predicted molar refractivity (Wildman–Crippen MR) is 114 cm³/mol. The number of fused-ring (bicyclic) bond motifs is 1. The van der Waals surface area contributed by atoms with Crippen LogP contribution in [0.4, 0.5) is 0 Å². The molecule has 7 nitrogen and oxygen atoms in total. The third-order valence-electron chi connectivity index (χ3n) is 10.5. The number of piperidine rings is 1. The van der Waals surface area contributed by atoms with Crippen molar-refractivity contribution in [1.29, 1.82) is 0 Å². The van der Waals surface area contributed by atoms with E-state index in [1.54, 1.807) is 0 Å². The molecule has 2 bridgehead atoms. The maximum atomic E-state index is 14.6. The van der Waals surface area contributed by atoms with E-state index in [1.807, 2.05) is 0 Å². The second kappa shape index (κ2) is 6.44. The molecule has 2 saturated heterocycles. The lowest BCUT2D eigenvalue weighted by molar-refractivity contribution is -0.908. The Morgan fingerprint density at radius 2 is 1.94 bits per heavy atom. The van der Waals surface area contributed by atoms with Gasteiger partial charge in [-0.05, 0) is 38.0 Å². The molecule has 7 heteroatoms. The van der Waals surface area contributed by atoms with E-state index in [0.717, 1.165) is 31.3 Å². The molecule has 0 radical (unpaired) electrons. The van der Waals surface area contributed by atoms with Crippen molar-refractivity contribution in [3.05, 3.63) is 16.4 Å². The number of Topliss-reactive ketones (excluding diaryl/α,β-unsaturated/α-hetero) is 1. The van der Waals surface area contributed by atoms with Crippen molar-refractivity contribution in [3.8, 4) is 0 Å². The number of carbonyl (C=O) groups excluding carboxylic acids is 3. The van der Waals surface area contributed by atoms with Gasteiger partial charge in [-0.2, -0.15) is 0 Å². The maximum absolute atomic E-state index is 14.6. The Labute approximate surface area is 188 Å². The summed E-state index contributed by atoms with van der Waals surface area (Å²) < 4.78 is 10.7. The van der Waals surface area contributed by atoms with E-state index in [4.69, 9.17) is 9.47 Å². The molecular weight excluding hydrogens is 410 g/mol. The highest BCUT2D eigenvalue weighted by Gasteiger charge is 2.81. The van der Waals surface area contributed by atoms with Gasteiger partial charge in [-0.25, -0.2) is 0 Å². The van der Waals surface area contributed by atoms with Crippen LogP contribution in [0.3, 0.4) is 0 Å². The number of nitrogens with zero attached hydrogens (tertiary/aromatic N) is 1. The van der Waals surface area contributed by atoms with Gasteiger partial charge in [-0.1, -0.05) is 18.1 Å². The van der Waals surface area contributed by atoms with Gasteiger partial charge in [0.15, 0.2) is 0 Å². The van der Waals surface area contributed by atoms with Gasteiger partial charge in [-0.15, -0.1) is 0 Å². The van der Waals surface area contributed by atoms with Crippen LogP contribution in [0.1, 0.15) is 52.4 Å². The third kappa shape index (κ3) is 2.18. The summed E-state index contributed by atoms with van der Waals surface area (Å²) in [7, 11) is 1.42. The van der Waals surface area contributed by atoms with Crippen LogP contribution in [0.15, 0.2) is 11.1 Å². The first-order valence-electron chi connectivity index (χ1n) is 12.3. The summed E-state index contributed by atoms with van der Waals surface area (Å²) in [5.41, 5.74) is 0.912. The summed E-state index contributed by atoms with van der Waals surface area (Å²) in [4.78, 5) is 39.6. The molecule has 0 aromatic heterocycles. The summed E-state index contributed by atoms with van der Waals surface area (Å²) in [5, 5.41) is 14.3. The quantitative estimate of drug-likeness (QED) is 0.288. The Bertz CT molecular complexity index is 958. The van der Waals surface area contributed by atoms with Crippen LogP contribution in [-0.4, -0.2) is 55.2 Å². The number of hydrogen-bond donors (Lipinski definition) is 0. The van der Waals surface area contributed by atoms with Crippen LogP contribution in [0.25, 0.3) is 0 Å². The van der Waals surface area contributed by atoms with E-state index in [1.165, 1.54) is 19.6 Å². The molecule has 0 amide bonds. The van der Waals surface area contributed by atoms with Gasteiger partial charge in [0.25, 0.3) is 0 Å². The Hall–Kier alpha value is -1.73. The number of quaternary nitrogens is 1. The first-order valence-corrected chi connectivity index (χ1v) is 12.3. The fraction of sp³-hybridized carbons (Fsp3) is 0.800. The molecule has 0 aromatic carbocycles. The van der Waals surface area contributed by atoms with Crippen molar-refractivity contribution in [3.63, 3.8) is 0 Å². The second-order valence-electron chi connectivity index (χ2n) is 11.5. The van der Waals surface area contributed by atoms with Gasteiger partial charge >= 0.3 is 11.9 Å². The van der Waals surface area contributed by atoms with Crippen LogP contribution in [-0.2, 0) is 23.9 Å². The fourth-order valence-electron chi connectivity index (χ4n) is 9.65. The van der Waals surface area contributed by atoms with E-state index >= 15 is 0 Å². The number of hydrogen-bond acceptors (Lipinski definition) is 6. The number of methoxy groups -OCH3 is 1. The zero-order chi connectivity index (χ0) is 22.6. The van der Waals surface area contributed by atoms with Crippen LogP contribution in [0.2, 0.25) is 0 Å². The lowest BCUT2D eigenvalue weighted by Crippen LogP contribution is -2.70. The summed E-state index contributed by atoms with van der Waals surface area (Å²) in [5.74, 6) is -0.857. The van der Waals surface area contributed by atoms with Crippen molar-refractivity contribution in [2.24, 2.45) is 40.4 Å². The molecule has 0 aromatic rings. The molecule has 0 N–H and O–H groups in total. The molecular formula is C25H33NO6. The number of allylic oxidation sites excluding steroid dienone is 2. The monoisotopic (exact) mass is 443 g/mol. The Morgan fingerprint density at radius 1 is 1.19 bits per heavy atom. The van der Waals surface area contributed by atoms with E-state index in [-0.39, 0.29) is 64.6 Å². The lowest BCUT2D eigenvalue weighted by Gasteiger charge is -2.62. The summed E-state index contributed by atoms with van der Waals surface area (Å²) in [6.07, 6.45) is 4.53. The van der Waals surface area contributed by atoms with Crippen molar-refractivity contribution in [2.45, 2.75) is 58.4 Å². The van der Waals surface area contributed by atoms with Crippen LogP contribution >= 0.6 is 0 Å². The highest BCUT2D eigenvalue weighted by Crippen LogP contribution is 2.76. The Balaban J connectivity index is 1.63. The minimum Gasteiger partial charge on any atom is -0.633 e. The van der Waals surface area contributed by atoms with Crippen LogP contribution < -0.4 is 0 Å². The molecule has 2 aliphatic heterocycles. The van der Waals surface area contributed by atoms with E-state index in [2.05, 4.69) is 6.92 Å². The van der Waals surface area contributed by atoms with Gasteiger partial charge < -0.3 is 19.3 Å². The molecule has 6 rings (SSSR count). The first-order chi connectivity index (χ1) is 15.2. The Morgan fingerprint density at radius 3 is 2.66 bits per heavy atom. The standard InChI is InChI=1S/C25H33NO6/c1-13-10-26(30)11-16-6-4-15-5-7-17-19(23(29)31-3)9-24(21(15)17)22(28)18(13)8-20(26)25(16,24)12-32-14(2)27/h13,16-20H,4-12H2,1-3H3/t13-,16+,17+,18?,19+,20-,24-,25+,26-/m0/s1. The predicted octanol–water partition coefficient (Wildman–Crippen LogP) is 2.77. The number of rotatable bonds is 3. The zero-order valence-corrected chi connectivity index (χ0v) is 19.2. The number of ether oxygens (including phenoxy) is 2. The van der Waals surface area contributed by atoms with Crippen molar-refractivity contribution in [1.82, 2.24) is 0 Å². The first kappa shape index (κ1) is 20.8. The maximum Gasteiger partial charge on any atom is 0.309 e. The van der Waals surface area contributed by atoms with Crippen molar-refractivity contribution in [2.75, 3.05) is 26.8 Å². The molecule has 2 saturated carbocycles. The van der Waals surface area contributed by atoms with E-state index in [0.29, 0.717) is 25.9 Å². The van der Waals surface area contributed by atoms with Crippen molar-refractivity contribution >= 4 is 17.7 Å². The molecule has 174 valence electrons. The Kier molecular flexibility index (Phi) is 4.20. The number of hydroxylamine groups is 3. The largest absolute Gasteiger partial charge is 0.633 e. The lowest BCUT2D eigenvalue weighted by atomic mass is 9.45. The van der Waals surface area contributed by atoms with Gasteiger partial charge in [0.05, 0.1) is 36.9 Å². The zero-order valence-electron chi connectivity index (χ0n) is 19.2. The number of carbonyl (C=O) groups is 3. The molecule has 1 unspecified atom stereocenters. The second-order valence-corrected chi connectivity index (χ2v) is 11.5. The minimum atomic E-state index is -0.869.